The highest BCUT2D eigenvalue weighted by atomic mass is 16.7. The highest BCUT2D eigenvalue weighted by Gasteiger charge is 2.50. The fraction of sp³-hybridized carbons (Fsp3) is 0.786. The number of amides is 1. The van der Waals surface area contributed by atoms with Gasteiger partial charge in [-0.15, -0.1) is 0 Å². The molecule has 21 heavy (non-hydrogen) atoms. The Morgan fingerprint density at radius 2 is 2.10 bits per heavy atom. The molecule has 0 aromatic carbocycles. The Balaban J connectivity index is 3.02. The lowest BCUT2D eigenvalue weighted by molar-refractivity contribution is -0.285. The van der Waals surface area contributed by atoms with Crippen LogP contribution in [0.15, 0.2) is 0 Å². The number of hydrogen-bond donors (Lipinski definition) is 2. The molecular weight excluding hydrogens is 278 g/mol. The van der Waals surface area contributed by atoms with E-state index in [1.54, 1.807) is 0 Å². The van der Waals surface area contributed by atoms with Crippen LogP contribution in [0.5, 0.6) is 0 Å². The second kappa shape index (κ2) is 6.53. The lowest BCUT2D eigenvalue weighted by Gasteiger charge is -2.46. The van der Waals surface area contributed by atoms with Gasteiger partial charge in [0.15, 0.2) is 6.29 Å². The van der Waals surface area contributed by atoms with Crippen LogP contribution in [0.3, 0.4) is 0 Å². The number of nitrogens with one attached hydrogen (secondary N) is 1. The predicted molar refractivity (Wildman–Crippen MR) is 73.1 cm³/mol. The molecular formula is C14H23NO6. The summed E-state index contributed by atoms with van der Waals surface area (Å²) in [5.41, 5.74) is -0.253. The summed E-state index contributed by atoms with van der Waals surface area (Å²) in [6.45, 7) is 7.31. The summed E-state index contributed by atoms with van der Waals surface area (Å²) in [5.74, 6) is -1.76. The molecule has 1 saturated heterocycles. The van der Waals surface area contributed by atoms with Gasteiger partial charge in [0.1, 0.15) is 6.10 Å². The summed E-state index contributed by atoms with van der Waals surface area (Å²) < 4.78 is 10.7. The number of aliphatic hydroxyl groups is 1. The van der Waals surface area contributed by atoms with Crippen LogP contribution >= 0.6 is 0 Å². The molecule has 0 radical (unpaired) electrons. The van der Waals surface area contributed by atoms with Crippen molar-refractivity contribution in [3.63, 3.8) is 0 Å². The molecule has 0 bridgehead atoms. The fourth-order valence-electron chi connectivity index (χ4n) is 2.69. The zero-order valence-electron chi connectivity index (χ0n) is 12.8. The van der Waals surface area contributed by atoms with Crippen LogP contribution in [0, 0.1) is 5.41 Å². The predicted octanol–water partition coefficient (Wildman–Crippen LogP) is 0.145. The van der Waals surface area contributed by atoms with E-state index in [0.29, 0.717) is 12.7 Å². The standard InChI is InChI=1S/C14H23NO6/c1-9(18)15-12-10(19)5-14(20-8-17,7-13(2,3)4)21-11(12)6-16/h6,8,10-12,19H,5,7H2,1-4H3,(H,15,18)/t10-,11?,12-,14-/m0/s1. The maximum absolute atomic E-state index is 11.2. The first-order valence-corrected chi connectivity index (χ1v) is 6.82. The third-order valence-corrected chi connectivity index (χ3v) is 3.21. The van der Waals surface area contributed by atoms with Gasteiger partial charge in [-0.2, -0.15) is 0 Å². The van der Waals surface area contributed by atoms with Gasteiger partial charge in [-0.25, -0.2) is 0 Å². The molecule has 1 amide bonds. The number of aldehydes is 1. The van der Waals surface area contributed by atoms with Gasteiger partial charge in [0, 0.05) is 19.8 Å². The molecule has 1 rings (SSSR count). The van der Waals surface area contributed by atoms with Gasteiger partial charge < -0.3 is 24.7 Å². The maximum atomic E-state index is 11.2. The minimum atomic E-state index is -1.38. The van der Waals surface area contributed by atoms with Gasteiger partial charge >= 0.3 is 0 Å². The van der Waals surface area contributed by atoms with Crippen LogP contribution in [0.4, 0.5) is 0 Å². The van der Waals surface area contributed by atoms with Gasteiger partial charge in [-0.05, 0) is 5.41 Å². The van der Waals surface area contributed by atoms with Crippen molar-refractivity contribution >= 4 is 18.7 Å². The summed E-state index contributed by atoms with van der Waals surface area (Å²) >= 11 is 0. The normalized spacial score (nSPS) is 33.1. The van der Waals surface area contributed by atoms with Crippen molar-refractivity contribution in [3.8, 4) is 0 Å². The van der Waals surface area contributed by atoms with E-state index >= 15 is 0 Å². The topological polar surface area (TPSA) is 102 Å². The van der Waals surface area contributed by atoms with Gasteiger partial charge in [0.25, 0.3) is 6.47 Å². The molecule has 120 valence electrons. The van der Waals surface area contributed by atoms with Crippen LogP contribution in [0.1, 0.15) is 40.5 Å². The third-order valence-electron chi connectivity index (χ3n) is 3.21. The zero-order valence-corrected chi connectivity index (χ0v) is 12.8. The molecule has 1 unspecified atom stereocenters. The number of ether oxygens (including phenoxy) is 2. The average molecular weight is 301 g/mol. The van der Waals surface area contributed by atoms with E-state index in [1.165, 1.54) is 6.92 Å². The minimum absolute atomic E-state index is 0.0156. The van der Waals surface area contributed by atoms with Crippen molar-refractivity contribution in [3.05, 3.63) is 0 Å². The smallest absolute Gasteiger partial charge is 0.295 e. The number of carbonyl (C=O) groups is 3. The second-order valence-corrected chi connectivity index (χ2v) is 6.58. The van der Waals surface area contributed by atoms with Crippen LogP contribution in [0.2, 0.25) is 0 Å². The van der Waals surface area contributed by atoms with Gasteiger partial charge in [-0.1, -0.05) is 20.8 Å². The Morgan fingerprint density at radius 1 is 1.48 bits per heavy atom. The van der Waals surface area contributed by atoms with Crippen molar-refractivity contribution in [1.29, 1.82) is 0 Å². The molecule has 0 spiro atoms. The summed E-state index contributed by atoms with van der Waals surface area (Å²) in [6, 6.07) is -0.858. The molecule has 1 heterocycles. The van der Waals surface area contributed by atoms with E-state index in [0.717, 1.165) is 0 Å². The molecule has 7 heteroatoms. The van der Waals surface area contributed by atoms with E-state index in [-0.39, 0.29) is 24.2 Å². The summed E-state index contributed by atoms with van der Waals surface area (Å²) in [4.78, 5) is 33.2. The molecule has 1 fully saturated rings. The van der Waals surface area contributed by atoms with E-state index < -0.39 is 24.0 Å². The van der Waals surface area contributed by atoms with Crippen LogP contribution < -0.4 is 5.32 Å². The first-order valence-electron chi connectivity index (χ1n) is 6.82. The largest absolute Gasteiger partial charge is 0.435 e. The van der Waals surface area contributed by atoms with Crippen molar-refractivity contribution < 1.29 is 29.0 Å². The quantitative estimate of drug-likeness (QED) is 0.701. The lowest BCUT2D eigenvalue weighted by atomic mass is 9.82. The fourth-order valence-corrected chi connectivity index (χ4v) is 2.69. The second-order valence-electron chi connectivity index (χ2n) is 6.58. The highest BCUT2D eigenvalue weighted by molar-refractivity contribution is 5.74. The first-order chi connectivity index (χ1) is 9.62. The van der Waals surface area contributed by atoms with E-state index in [4.69, 9.17) is 9.47 Å². The minimum Gasteiger partial charge on any atom is -0.435 e. The van der Waals surface area contributed by atoms with Crippen molar-refractivity contribution in [2.45, 2.75) is 64.6 Å². The first kappa shape index (κ1) is 17.6. The Labute approximate surface area is 124 Å². The molecule has 7 nitrogen and oxygen atoms in total. The van der Waals surface area contributed by atoms with E-state index in [1.807, 2.05) is 20.8 Å². The van der Waals surface area contributed by atoms with Crippen LogP contribution in [-0.4, -0.2) is 47.8 Å². The number of aliphatic hydroxyl groups excluding tert-OH is 1. The molecule has 1 aliphatic rings. The Kier molecular flexibility index (Phi) is 5.47. The molecule has 2 N–H and O–H groups in total. The molecule has 0 aliphatic carbocycles. The molecule has 0 aromatic heterocycles. The summed E-state index contributed by atoms with van der Waals surface area (Å²) in [7, 11) is 0. The third kappa shape index (κ3) is 4.78. The highest BCUT2D eigenvalue weighted by Crippen LogP contribution is 2.38. The number of hydrogen-bond acceptors (Lipinski definition) is 6. The maximum Gasteiger partial charge on any atom is 0.295 e. The van der Waals surface area contributed by atoms with Gasteiger partial charge in [0.2, 0.25) is 11.7 Å². The van der Waals surface area contributed by atoms with Gasteiger partial charge in [0.05, 0.1) is 12.1 Å². The van der Waals surface area contributed by atoms with Gasteiger partial charge in [-0.3, -0.25) is 9.59 Å². The Bertz CT molecular complexity index is 405. The summed E-state index contributed by atoms with van der Waals surface area (Å²) in [6.07, 6.45) is -1.35. The molecule has 4 atom stereocenters. The van der Waals surface area contributed by atoms with Crippen LogP contribution in [-0.2, 0) is 23.9 Å². The van der Waals surface area contributed by atoms with Crippen molar-refractivity contribution in [1.82, 2.24) is 5.32 Å². The van der Waals surface area contributed by atoms with Crippen LogP contribution in [0.25, 0.3) is 0 Å². The monoisotopic (exact) mass is 301 g/mol. The number of carbonyl (C=O) groups excluding carboxylic acids is 3. The SMILES string of the molecule is CC(=O)N[C@@H]1C(C=O)O[C@@](CC(C)(C)C)(OC=O)C[C@@H]1O. The lowest BCUT2D eigenvalue weighted by Crippen LogP contribution is -2.62. The van der Waals surface area contributed by atoms with E-state index in [9.17, 15) is 19.5 Å². The Morgan fingerprint density at radius 3 is 2.52 bits per heavy atom. The van der Waals surface area contributed by atoms with E-state index in [2.05, 4.69) is 5.32 Å². The Hall–Kier alpha value is -1.47. The molecule has 0 aromatic rings. The molecule has 0 saturated carbocycles. The average Bonchev–Trinajstić information content (AvgIpc) is 2.30. The molecule has 1 aliphatic heterocycles. The zero-order chi connectivity index (χ0) is 16.3. The van der Waals surface area contributed by atoms with Crippen molar-refractivity contribution in [2.75, 3.05) is 0 Å². The van der Waals surface area contributed by atoms with Crippen molar-refractivity contribution in [2.24, 2.45) is 5.41 Å². The summed E-state index contributed by atoms with van der Waals surface area (Å²) in [5, 5.41) is 12.7. The number of rotatable bonds is 5.